The first-order valence-electron chi connectivity index (χ1n) is 5.96. The normalized spacial score (nSPS) is 37.1. The maximum atomic E-state index is 5.63. The van der Waals surface area contributed by atoms with Crippen molar-refractivity contribution in [1.29, 1.82) is 0 Å². The third kappa shape index (κ3) is 2.94. The summed E-state index contributed by atoms with van der Waals surface area (Å²) in [7, 11) is 0. The maximum absolute atomic E-state index is 5.63. The van der Waals surface area contributed by atoms with Crippen LogP contribution in [0.4, 0.5) is 0 Å². The molecule has 3 nitrogen and oxygen atoms in total. The molecule has 1 aliphatic heterocycles. The van der Waals surface area contributed by atoms with E-state index in [1.165, 1.54) is 12.8 Å². The molecule has 1 saturated heterocycles. The second-order valence-corrected chi connectivity index (χ2v) is 4.45. The fraction of sp³-hybridized carbons (Fsp3) is 1.00. The Morgan fingerprint density at radius 2 is 2.43 bits per heavy atom. The summed E-state index contributed by atoms with van der Waals surface area (Å²) in [6, 6.07) is 0.816. The van der Waals surface area contributed by atoms with Crippen molar-refractivity contribution in [3.05, 3.63) is 0 Å². The molecule has 2 aliphatic rings. The van der Waals surface area contributed by atoms with E-state index in [0.29, 0.717) is 6.10 Å². The lowest BCUT2D eigenvalue weighted by atomic mass is 10.2. The molecule has 0 spiro atoms. The van der Waals surface area contributed by atoms with Crippen molar-refractivity contribution >= 4 is 0 Å². The molecule has 2 N–H and O–H groups in total. The highest BCUT2D eigenvalue weighted by Gasteiger charge is 2.34. The summed E-state index contributed by atoms with van der Waals surface area (Å²) in [6.07, 6.45) is 4.31. The molecule has 2 fully saturated rings. The number of nitrogens with one attached hydrogen (secondary N) is 2. The van der Waals surface area contributed by atoms with E-state index < -0.39 is 0 Å². The summed E-state index contributed by atoms with van der Waals surface area (Å²) < 4.78 is 5.63. The summed E-state index contributed by atoms with van der Waals surface area (Å²) in [5, 5.41) is 6.95. The molecule has 0 bridgehead atoms. The predicted octanol–water partition coefficient (Wildman–Crippen LogP) is 0.753. The van der Waals surface area contributed by atoms with Gasteiger partial charge in [0.25, 0.3) is 0 Å². The molecule has 14 heavy (non-hydrogen) atoms. The fourth-order valence-corrected chi connectivity index (χ4v) is 2.18. The Hall–Kier alpha value is -0.120. The Kier molecular flexibility index (Phi) is 3.79. The van der Waals surface area contributed by atoms with Gasteiger partial charge < -0.3 is 15.4 Å². The van der Waals surface area contributed by atoms with Gasteiger partial charge in [0.05, 0.1) is 12.7 Å². The minimum absolute atomic E-state index is 0.440. The molecular formula is C11H22N2O. The number of hydrogen-bond donors (Lipinski definition) is 2. The molecule has 0 amide bonds. The van der Waals surface area contributed by atoms with Gasteiger partial charge in [-0.15, -0.1) is 0 Å². The Labute approximate surface area is 86.6 Å². The molecule has 2 rings (SSSR count). The summed E-state index contributed by atoms with van der Waals surface area (Å²) in [5.41, 5.74) is 0. The quantitative estimate of drug-likeness (QED) is 0.684. The average molecular weight is 198 g/mol. The number of rotatable bonds is 5. The molecule has 0 aromatic heterocycles. The zero-order valence-corrected chi connectivity index (χ0v) is 9.09. The van der Waals surface area contributed by atoms with Crippen LogP contribution in [0.5, 0.6) is 0 Å². The van der Waals surface area contributed by atoms with Gasteiger partial charge in [-0.3, -0.25) is 0 Å². The minimum Gasteiger partial charge on any atom is -0.376 e. The largest absolute Gasteiger partial charge is 0.376 e. The van der Waals surface area contributed by atoms with Crippen LogP contribution in [0.25, 0.3) is 0 Å². The Morgan fingerprint density at radius 3 is 3.07 bits per heavy atom. The lowest BCUT2D eigenvalue weighted by Crippen LogP contribution is -2.40. The van der Waals surface area contributed by atoms with Crippen LogP contribution in [0.3, 0.4) is 0 Å². The summed E-state index contributed by atoms with van der Waals surface area (Å²) in [4.78, 5) is 0. The van der Waals surface area contributed by atoms with Crippen molar-refractivity contribution in [2.75, 3.05) is 26.2 Å². The van der Waals surface area contributed by atoms with Crippen molar-refractivity contribution in [2.24, 2.45) is 5.92 Å². The van der Waals surface area contributed by atoms with Gasteiger partial charge in [0.1, 0.15) is 0 Å². The van der Waals surface area contributed by atoms with Crippen LogP contribution in [0.15, 0.2) is 0 Å². The molecule has 0 aromatic rings. The molecule has 1 heterocycles. The number of morpholine rings is 1. The molecule has 0 radical (unpaired) electrons. The maximum Gasteiger partial charge on any atom is 0.0712 e. The Balaban J connectivity index is 1.50. The third-order valence-corrected chi connectivity index (χ3v) is 3.32. The Bertz CT molecular complexity index is 169. The molecule has 1 saturated carbocycles. The lowest BCUT2D eigenvalue weighted by Gasteiger charge is -2.23. The summed E-state index contributed by atoms with van der Waals surface area (Å²) >= 11 is 0. The van der Waals surface area contributed by atoms with Crippen molar-refractivity contribution < 1.29 is 4.74 Å². The zero-order valence-electron chi connectivity index (χ0n) is 9.09. The SMILES string of the molecule is CCC1CC1NCCC1CNCCO1. The lowest BCUT2D eigenvalue weighted by molar-refractivity contribution is 0.0238. The second kappa shape index (κ2) is 5.10. The first-order chi connectivity index (χ1) is 6.90. The van der Waals surface area contributed by atoms with Gasteiger partial charge in [-0.05, 0) is 25.3 Å². The first-order valence-corrected chi connectivity index (χ1v) is 5.96. The van der Waals surface area contributed by atoms with Crippen LogP contribution in [-0.4, -0.2) is 38.4 Å². The van der Waals surface area contributed by atoms with E-state index in [-0.39, 0.29) is 0 Å². The standard InChI is InChI=1S/C11H22N2O/c1-2-9-7-11(9)13-4-3-10-8-12-5-6-14-10/h9-13H,2-8H2,1H3. The monoisotopic (exact) mass is 198 g/mol. The summed E-state index contributed by atoms with van der Waals surface area (Å²) in [5.74, 6) is 0.959. The third-order valence-electron chi connectivity index (χ3n) is 3.32. The van der Waals surface area contributed by atoms with Crippen LogP contribution in [0, 0.1) is 5.92 Å². The summed E-state index contributed by atoms with van der Waals surface area (Å²) in [6.45, 7) is 6.33. The second-order valence-electron chi connectivity index (χ2n) is 4.45. The first kappa shape index (κ1) is 10.4. The topological polar surface area (TPSA) is 33.3 Å². The highest BCUT2D eigenvalue weighted by atomic mass is 16.5. The van der Waals surface area contributed by atoms with Gasteiger partial charge in [0, 0.05) is 19.1 Å². The van der Waals surface area contributed by atoms with Crippen molar-refractivity contribution in [3.63, 3.8) is 0 Å². The molecular weight excluding hydrogens is 176 g/mol. The molecule has 3 heteroatoms. The zero-order chi connectivity index (χ0) is 9.80. The molecule has 3 atom stereocenters. The number of ether oxygens (including phenoxy) is 1. The molecule has 0 aromatic carbocycles. The van der Waals surface area contributed by atoms with Gasteiger partial charge in [-0.2, -0.15) is 0 Å². The van der Waals surface area contributed by atoms with Crippen LogP contribution in [0.1, 0.15) is 26.2 Å². The average Bonchev–Trinajstić information content (AvgIpc) is 2.98. The van der Waals surface area contributed by atoms with E-state index in [4.69, 9.17) is 4.74 Å². The van der Waals surface area contributed by atoms with E-state index >= 15 is 0 Å². The van der Waals surface area contributed by atoms with E-state index in [1.807, 2.05) is 0 Å². The number of hydrogen-bond acceptors (Lipinski definition) is 3. The molecule has 82 valence electrons. The van der Waals surface area contributed by atoms with Crippen LogP contribution >= 0.6 is 0 Å². The predicted molar refractivity (Wildman–Crippen MR) is 57.4 cm³/mol. The van der Waals surface area contributed by atoms with Gasteiger partial charge in [0.2, 0.25) is 0 Å². The van der Waals surface area contributed by atoms with E-state index in [9.17, 15) is 0 Å². The van der Waals surface area contributed by atoms with Crippen molar-refractivity contribution in [2.45, 2.75) is 38.3 Å². The van der Waals surface area contributed by atoms with Crippen molar-refractivity contribution in [1.82, 2.24) is 10.6 Å². The molecule has 3 unspecified atom stereocenters. The van der Waals surface area contributed by atoms with Gasteiger partial charge in [-0.1, -0.05) is 13.3 Å². The van der Waals surface area contributed by atoms with Gasteiger partial charge in [-0.25, -0.2) is 0 Å². The smallest absolute Gasteiger partial charge is 0.0712 e. The Morgan fingerprint density at radius 1 is 1.50 bits per heavy atom. The van der Waals surface area contributed by atoms with Gasteiger partial charge in [0.15, 0.2) is 0 Å². The van der Waals surface area contributed by atoms with E-state index in [1.54, 1.807) is 0 Å². The fourth-order valence-electron chi connectivity index (χ4n) is 2.18. The van der Waals surface area contributed by atoms with E-state index in [2.05, 4.69) is 17.6 Å². The molecule has 1 aliphatic carbocycles. The van der Waals surface area contributed by atoms with Gasteiger partial charge >= 0.3 is 0 Å². The van der Waals surface area contributed by atoms with Crippen LogP contribution in [0.2, 0.25) is 0 Å². The highest BCUT2D eigenvalue weighted by molar-refractivity contribution is 4.91. The van der Waals surface area contributed by atoms with Crippen LogP contribution in [-0.2, 0) is 4.74 Å². The van der Waals surface area contributed by atoms with Crippen LogP contribution < -0.4 is 10.6 Å². The highest BCUT2D eigenvalue weighted by Crippen LogP contribution is 2.32. The van der Waals surface area contributed by atoms with Crippen molar-refractivity contribution in [3.8, 4) is 0 Å². The minimum atomic E-state index is 0.440. The van der Waals surface area contributed by atoms with E-state index in [0.717, 1.165) is 44.6 Å².